The van der Waals surface area contributed by atoms with E-state index < -0.39 is 0 Å². The van der Waals surface area contributed by atoms with Crippen molar-refractivity contribution in [1.82, 2.24) is 15.0 Å². The minimum atomic E-state index is 0.474. The van der Waals surface area contributed by atoms with Crippen molar-refractivity contribution in [1.29, 1.82) is 5.26 Å². The van der Waals surface area contributed by atoms with Crippen molar-refractivity contribution < 1.29 is 0 Å². The Labute approximate surface area is 106 Å². The van der Waals surface area contributed by atoms with E-state index >= 15 is 0 Å². The summed E-state index contributed by atoms with van der Waals surface area (Å²) in [5.41, 5.74) is 0.931. The maximum absolute atomic E-state index is 8.63. The Bertz CT molecular complexity index is 581. The van der Waals surface area contributed by atoms with Gasteiger partial charge in [0.15, 0.2) is 0 Å². The topological polar surface area (TPSA) is 65.4 Å². The highest BCUT2D eigenvalue weighted by Crippen LogP contribution is 2.39. The smallest absolute Gasteiger partial charge is 0.141 e. The van der Waals surface area contributed by atoms with Crippen molar-refractivity contribution in [2.75, 3.05) is 0 Å². The summed E-state index contributed by atoms with van der Waals surface area (Å²) < 4.78 is 0. The molecule has 1 fully saturated rings. The van der Waals surface area contributed by atoms with Crippen LogP contribution in [0.25, 0.3) is 11.0 Å². The Morgan fingerprint density at radius 2 is 2.39 bits per heavy atom. The minimum Gasteiger partial charge on any atom is -0.346 e. The average Bonchev–Trinajstić information content (AvgIpc) is 3.04. The van der Waals surface area contributed by atoms with E-state index in [1.54, 1.807) is 0 Å². The number of hydrogen-bond donors (Lipinski definition) is 1. The second-order valence-electron chi connectivity index (χ2n) is 5.08. The van der Waals surface area contributed by atoms with E-state index in [-0.39, 0.29) is 0 Å². The standard InChI is InChI=1S/C14H16N4/c15-6-1-2-10-3-4-11(8-10)13-17-9-12-5-7-16-14(12)18-13/h5,7,9-11H,1-4,8H2,(H,16,17,18). The van der Waals surface area contributed by atoms with Crippen LogP contribution in [0.1, 0.15) is 43.8 Å². The summed E-state index contributed by atoms with van der Waals surface area (Å²) in [6, 6.07) is 4.22. The quantitative estimate of drug-likeness (QED) is 0.896. The van der Waals surface area contributed by atoms with Gasteiger partial charge in [-0.05, 0) is 37.7 Å². The fourth-order valence-electron chi connectivity index (χ4n) is 2.89. The molecule has 4 nitrogen and oxygen atoms in total. The molecule has 0 spiro atoms. The lowest BCUT2D eigenvalue weighted by atomic mass is 10.00. The zero-order valence-electron chi connectivity index (χ0n) is 10.3. The number of fused-ring (bicyclic) bond motifs is 1. The normalized spacial score (nSPS) is 23.3. The number of hydrogen-bond acceptors (Lipinski definition) is 3. The molecule has 1 saturated carbocycles. The molecule has 92 valence electrons. The van der Waals surface area contributed by atoms with Gasteiger partial charge in [-0.3, -0.25) is 0 Å². The number of nitriles is 1. The third-order valence-electron chi connectivity index (χ3n) is 3.89. The van der Waals surface area contributed by atoms with Gasteiger partial charge in [0, 0.05) is 30.1 Å². The SMILES string of the molecule is N#CCCC1CCC(c2ncc3cc[nH]c3n2)C1. The number of nitrogens with one attached hydrogen (secondary N) is 1. The van der Waals surface area contributed by atoms with Gasteiger partial charge in [-0.1, -0.05) is 0 Å². The highest BCUT2D eigenvalue weighted by Gasteiger charge is 2.27. The van der Waals surface area contributed by atoms with Gasteiger partial charge < -0.3 is 4.98 Å². The molecule has 2 unspecified atom stereocenters. The van der Waals surface area contributed by atoms with Crippen LogP contribution in [0.5, 0.6) is 0 Å². The van der Waals surface area contributed by atoms with Crippen LogP contribution in [0.3, 0.4) is 0 Å². The molecular formula is C14H16N4. The zero-order chi connectivity index (χ0) is 12.4. The maximum atomic E-state index is 8.63. The van der Waals surface area contributed by atoms with E-state index in [1.807, 2.05) is 18.5 Å². The lowest BCUT2D eigenvalue weighted by Crippen LogP contribution is -2.01. The van der Waals surface area contributed by atoms with Crippen LogP contribution < -0.4 is 0 Å². The monoisotopic (exact) mass is 240 g/mol. The molecule has 2 aromatic heterocycles. The number of H-pyrrole nitrogens is 1. The van der Waals surface area contributed by atoms with Gasteiger partial charge in [0.25, 0.3) is 0 Å². The molecule has 0 bridgehead atoms. The van der Waals surface area contributed by atoms with Crippen molar-refractivity contribution in [3.63, 3.8) is 0 Å². The van der Waals surface area contributed by atoms with Gasteiger partial charge in [-0.15, -0.1) is 0 Å². The molecule has 2 heterocycles. The Balaban J connectivity index is 1.73. The van der Waals surface area contributed by atoms with E-state index in [0.717, 1.165) is 36.1 Å². The fourth-order valence-corrected chi connectivity index (χ4v) is 2.89. The summed E-state index contributed by atoms with van der Waals surface area (Å²) in [5.74, 6) is 2.11. The molecule has 2 aromatic rings. The van der Waals surface area contributed by atoms with E-state index in [1.165, 1.54) is 6.42 Å². The second kappa shape index (κ2) is 4.77. The molecule has 0 aliphatic heterocycles. The van der Waals surface area contributed by atoms with E-state index in [9.17, 15) is 0 Å². The number of nitrogens with zero attached hydrogens (tertiary/aromatic N) is 3. The number of aromatic nitrogens is 3. The average molecular weight is 240 g/mol. The van der Waals surface area contributed by atoms with Crippen LogP contribution in [0.2, 0.25) is 0 Å². The van der Waals surface area contributed by atoms with Gasteiger partial charge in [0.1, 0.15) is 11.5 Å². The van der Waals surface area contributed by atoms with Crippen molar-refractivity contribution in [2.24, 2.45) is 5.92 Å². The summed E-state index contributed by atoms with van der Waals surface area (Å²) in [4.78, 5) is 12.2. The van der Waals surface area contributed by atoms with Crippen LogP contribution in [0, 0.1) is 17.2 Å². The first kappa shape index (κ1) is 11.2. The van der Waals surface area contributed by atoms with Gasteiger partial charge in [-0.25, -0.2) is 9.97 Å². The van der Waals surface area contributed by atoms with Crippen molar-refractivity contribution in [2.45, 2.75) is 38.0 Å². The van der Waals surface area contributed by atoms with Gasteiger partial charge in [0.05, 0.1) is 6.07 Å². The first-order valence-corrected chi connectivity index (χ1v) is 6.54. The molecule has 1 N–H and O–H groups in total. The Kier molecular flexibility index (Phi) is 2.97. The number of aromatic amines is 1. The fraction of sp³-hybridized carbons (Fsp3) is 0.500. The van der Waals surface area contributed by atoms with Crippen LogP contribution in [0.4, 0.5) is 0 Å². The van der Waals surface area contributed by atoms with E-state index in [4.69, 9.17) is 5.26 Å². The molecule has 2 atom stereocenters. The van der Waals surface area contributed by atoms with Gasteiger partial charge >= 0.3 is 0 Å². The number of rotatable bonds is 3. The summed E-state index contributed by atoms with van der Waals surface area (Å²) in [7, 11) is 0. The van der Waals surface area contributed by atoms with Crippen LogP contribution in [-0.2, 0) is 0 Å². The molecule has 0 aromatic carbocycles. The molecule has 0 amide bonds. The Morgan fingerprint density at radius 3 is 3.28 bits per heavy atom. The van der Waals surface area contributed by atoms with E-state index in [2.05, 4.69) is 21.0 Å². The molecule has 4 heteroatoms. The first-order chi connectivity index (χ1) is 8.86. The largest absolute Gasteiger partial charge is 0.346 e. The third-order valence-corrected chi connectivity index (χ3v) is 3.89. The Morgan fingerprint density at radius 1 is 1.44 bits per heavy atom. The van der Waals surface area contributed by atoms with Crippen LogP contribution in [-0.4, -0.2) is 15.0 Å². The molecule has 0 radical (unpaired) electrons. The predicted molar refractivity (Wildman–Crippen MR) is 68.8 cm³/mol. The van der Waals surface area contributed by atoms with Crippen molar-refractivity contribution in [3.8, 4) is 6.07 Å². The second-order valence-corrected chi connectivity index (χ2v) is 5.08. The van der Waals surface area contributed by atoms with Crippen LogP contribution in [0.15, 0.2) is 18.5 Å². The molecule has 18 heavy (non-hydrogen) atoms. The molecule has 1 aliphatic rings. The van der Waals surface area contributed by atoms with Gasteiger partial charge in [0.2, 0.25) is 0 Å². The highest BCUT2D eigenvalue weighted by atomic mass is 14.9. The van der Waals surface area contributed by atoms with Crippen molar-refractivity contribution >= 4 is 11.0 Å². The Hall–Kier alpha value is -1.89. The summed E-state index contributed by atoms with van der Waals surface area (Å²) in [5, 5.41) is 9.69. The lowest BCUT2D eigenvalue weighted by Gasteiger charge is -2.08. The molecule has 0 saturated heterocycles. The lowest BCUT2D eigenvalue weighted by molar-refractivity contribution is 0.499. The first-order valence-electron chi connectivity index (χ1n) is 6.54. The molecule has 1 aliphatic carbocycles. The minimum absolute atomic E-state index is 0.474. The molecule has 3 rings (SSSR count). The summed E-state index contributed by atoms with van der Waals surface area (Å²) in [6.45, 7) is 0. The maximum Gasteiger partial charge on any atom is 0.141 e. The van der Waals surface area contributed by atoms with Crippen molar-refractivity contribution in [3.05, 3.63) is 24.3 Å². The third kappa shape index (κ3) is 2.08. The summed E-state index contributed by atoms with van der Waals surface area (Å²) >= 11 is 0. The van der Waals surface area contributed by atoms with E-state index in [0.29, 0.717) is 18.3 Å². The summed E-state index contributed by atoms with van der Waals surface area (Å²) in [6.07, 6.45) is 8.99. The molecular weight excluding hydrogens is 224 g/mol. The van der Waals surface area contributed by atoms with Gasteiger partial charge in [-0.2, -0.15) is 5.26 Å². The predicted octanol–water partition coefficient (Wildman–Crippen LogP) is 3.15. The highest BCUT2D eigenvalue weighted by molar-refractivity contribution is 5.73. The van der Waals surface area contributed by atoms with Crippen LogP contribution >= 0.6 is 0 Å². The zero-order valence-corrected chi connectivity index (χ0v) is 10.3.